The van der Waals surface area contributed by atoms with Crippen LogP contribution in [0.2, 0.25) is 0 Å². The molecule has 2 rings (SSSR count). The molecule has 5 nitrogen and oxygen atoms in total. The zero-order valence-electron chi connectivity index (χ0n) is 13.7. The quantitative estimate of drug-likeness (QED) is 0.793. The molecule has 0 aliphatic rings. The van der Waals surface area contributed by atoms with Gasteiger partial charge in [0.1, 0.15) is 10.9 Å². The van der Waals surface area contributed by atoms with Crippen molar-refractivity contribution in [2.45, 2.75) is 47.1 Å². The van der Waals surface area contributed by atoms with Gasteiger partial charge in [0, 0.05) is 4.88 Å². The summed E-state index contributed by atoms with van der Waals surface area (Å²) in [6.07, 6.45) is 1.96. The van der Waals surface area contributed by atoms with Crippen LogP contribution in [0.5, 0.6) is 0 Å². The molecule has 120 valence electrons. The van der Waals surface area contributed by atoms with E-state index in [-0.39, 0.29) is 17.4 Å². The number of hydrogen-bond acceptors (Lipinski definition) is 5. The van der Waals surface area contributed by atoms with E-state index in [4.69, 9.17) is 4.74 Å². The van der Waals surface area contributed by atoms with E-state index in [1.54, 1.807) is 0 Å². The number of nitrogens with zero attached hydrogens (tertiary/aromatic N) is 2. The number of aromatic nitrogens is 2. The Morgan fingerprint density at radius 1 is 1.41 bits per heavy atom. The minimum Gasteiger partial charge on any atom is -0.464 e. The predicted molar refractivity (Wildman–Crippen MR) is 88.5 cm³/mol. The summed E-state index contributed by atoms with van der Waals surface area (Å²) in [7, 11) is 0. The summed E-state index contributed by atoms with van der Waals surface area (Å²) in [5.41, 5.74) is 0.775. The summed E-state index contributed by atoms with van der Waals surface area (Å²) in [6, 6.07) is -0.622. The van der Waals surface area contributed by atoms with Crippen LogP contribution in [0.4, 0.5) is 0 Å². The molecule has 0 spiro atoms. The van der Waals surface area contributed by atoms with Crippen LogP contribution in [0.3, 0.4) is 0 Å². The average molecular weight is 322 g/mol. The van der Waals surface area contributed by atoms with Crippen molar-refractivity contribution in [3.8, 4) is 0 Å². The number of esters is 1. The molecule has 0 fully saturated rings. The second-order valence-corrected chi connectivity index (χ2v) is 7.07. The monoisotopic (exact) mass is 322 g/mol. The van der Waals surface area contributed by atoms with E-state index in [1.165, 1.54) is 22.2 Å². The van der Waals surface area contributed by atoms with E-state index in [9.17, 15) is 9.59 Å². The Labute approximate surface area is 133 Å². The average Bonchev–Trinajstić information content (AvgIpc) is 2.75. The molecule has 0 bridgehead atoms. The van der Waals surface area contributed by atoms with Crippen molar-refractivity contribution in [2.75, 3.05) is 6.61 Å². The predicted octanol–water partition coefficient (Wildman–Crippen LogP) is 3.23. The first-order valence-corrected chi connectivity index (χ1v) is 8.31. The molecule has 0 radical (unpaired) electrons. The third kappa shape index (κ3) is 3.06. The van der Waals surface area contributed by atoms with Crippen molar-refractivity contribution in [2.24, 2.45) is 5.92 Å². The third-order valence-electron chi connectivity index (χ3n) is 3.67. The molecule has 2 heterocycles. The first-order valence-electron chi connectivity index (χ1n) is 7.50. The molecular formula is C16H22N2O3S. The largest absolute Gasteiger partial charge is 0.464 e. The SMILES string of the molecule is CC[C@H](C(=O)OCC(C)C)n1cnc2sc(C)c(C)c2c1=O. The molecular weight excluding hydrogens is 300 g/mol. The first-order chi connectivity index (χ1) is 10.4. The summed E-state index contributed by atoms with van der Waals surface area (Å²) in [4.78, 5) is 31.1. The second kappa shape index (κ2) is 6.60. The highest BCUT2D eigenvalue weighted by molar-refractivity contribution is 7.18. The molecule has 0 saturated heterocycles. The highest BCUT2D eigenvalue weighted by Crippen LogP contribution is 2.26. The van der Waals surface area contributed by atoms with Gasteiger partial charge < -0.3 is 4.74 Å². The van der Waals surface area contributed by atoms with Crippen LogP contribution < -0.4 is 5.56 Å². The van der Waals surface area contributed by atoms with Gasteiger partial charge in [-0.3, -0.25) is 9.36 Å². The van der Waals surface area contributed by atoms with Gasteiger partial charge in [0.2, 0.25) is 0 Å². The molecule has 0 aromatic carbocycles. The highest BCUT2D eigenvalue weighted by Gasteiger charge is 2.23. The zero-order chi connectivity index (χ0) is 16.4. The van der Waals surface area contributed by atoms with Crippen molar-refractivity contribution in [3.63, 3.8) is 0 Å². The van der Waals surface area contributed by atoms with E-state index in [2.05, 4.69) is 4.98 Å². The Hall–Kier alpha value is -1.69. The summed E-state index contributed by atoms with van der Waals surface area (Å²) in [5, 5.41) is 0.611. The topological polar surface area (TPSA) is 61.2 Å². The number of aryl methyl sites for hydroxylation is 2. The Bertz CT molecular complexity index is 746. The molecule has 6 heteroatoms. The smallest absolute Gasteiger partial charge is 0.329 e. The van der Waals surface area contributed by atoms with Crippen LogP contribution in [0, 0.1) is 19.8 Å². The van der Waals surface area contributed by atoms with Gasteiger partial charge in [0.25, 0.3) is 5.56 Å². The van der Waals surface area contributed by atoms with Crippen molar-refractivity contribution in [1.82, 2.24) is 9.55 Å². The van der Waals surface area contributed by atoms with Gasteiger partial charge in [-0.2, -0.15) is 0 Å². The summed E-state index contributed by atoms with van der Waals surface area (Å²) in [5.74, 6) is -0.107. The Morgan fingerprint density at radius 3 is 2.68 bits per heavy atom. The molecule has 0 unspecified atom stereocenters. The lowest BCUT2D eigenvalue weighted by atomic mass is 10.2. The van der Waals surface area contributed by atoms with E-state index < -0.39 is 6.04 Å². The lowest BCUT2D eigenvalue weighted by molar-refractivity contribution is -0.149. The molecule has 2 aromatic rings. The van der Waals surface area contributed by atoms with Crippen LogP contribution in [-0.4, -0.2) is 22.1 Å². The maximum Gasteiger partial charge on any atom is 0.329 e. The van der Waals surface area contributed by atoms with E-state index in [0.29, 0.717) is 18.4 Å². The van der Waals surface area contributed by atoms with E-state index in [1.807, 2.05) is 34.6 Å². The van der Waals surface area contributed by atoms with Gasteiger partial charge in [-0.05, 0) is 31.7 Å². The molecule has 0 N–H and O–H groups in total. The lowest BCUT2D eigenvalue weighted by Crippen LogP contribution is -2.31. The lowest BCUT2D eigenvalue weighted by Gasteiger charge is -2.17. The minimum absolute atomic E-state index is 0.166. The fraction of sp³-hybridized carbons (Fsp3) is 0.562. The van der Waals surface area contributed by atoms with Crippen LogP contribution in [0.1, 0.15) is 43.7 Å². The van der Waals surface area contributed by atoms with Gasteiger partial charge in [0.15, 0.2) is 0 Å². The molecule has 22 heavy (non-hydrogen) atoms. The third-order valence-corrected chi connectivity index (χ3v) is 4.78. The van der Waals surface area contributed by atoms with Crippen molar-refractivity contribution < 1.29 is 9.53 Å². The first kappa shape index (κ1) is 16.7. The van der Waals surface area contributed by atoms with Crippen LogP contribution >= 0.6 is 11.3 Å². The number of ether oxygens (including phenoxy) is 1. The van der Waals surface area contributed by atoms with Crippen LogP contribution in [-0.2, 0) is 9.53 Å². The number of rotatable bonds is 5. The fourth-order valence-corrected chi connectivity index (χ4v) is 3.28. The number of fused-ring (bicyclic) bond motifs is 1. The standard InChI is InChI=1S/C16H22N2O3S/c1-6-12(16(20)21-7-9(2)3)18-8-17-14-13(15(18)19)10(4)11(5)22-14/h8-9,12H,6-7H2,1-5H3/t12-/m1/s1. The summed E-state index contributed by atoms with van der Waals surface area (Å²) in [6.45, 7) is 10.1. The second-order valence-electron chi connectivity index (χ2n) is 5.87. The van der Waals surface area contributed by atoms with Crippen molar-refractivity contribution in [1.29, 1.82) is 0 Å². The molecule has 0 saturated carbocycles. The fourth-order valence-electron chi connectivity index (χ4n) is 2.29. The Balaban J connectivity index is 2.43. The maximum atomic E-state index is 12.7. The van der Waals surface area contributed by atoms with Crippen molar-refractivity contribution in [3.05, 3.63) is 27.1 Å². The van der Waals surface area contributed by atoms with E-state index >= 15 is 0 Å². The number of hydrogen-bond donors (Lipinski definition) is 0. The Kier molecular flexibility index (Phi) is 5.01. The van der Waals surface area contributed by atoms with Gasteiger partial charge in [-0.15, -0.1) is 11.3 Å². The maximum absolute atomic E-state index is 12.7. The molecule has 0 aliphatic heterocycles. The number of thiophene rings is 1. The minimum atomic E-state index is -0.622. The zero-order valence-corrected chi connectivity index (χ0v) is 14.5. The number of carbonyl (C=O) groups excluding carboxylic acids is 1. The normalized spacial score (nSPS) is 12.8. The molecule has 2 aromatic heterocycles. The molecule has 0 aliphatic carbocycles. The van der Waals surface area contributed by atoms with Gasteiger partial charge in [-0.1, -0.05) is 20.8 Å². The van der Waals surface area contributed by atoms with E-state index in [0.717, 1.165) is 15.3 Å². The highest BCUT2D eigenvalue weighted by atomic mass is 32.1. The summed E-state index contributed by atoms with van der Waals surface area (Å²) >= 11 is 1.50. The van der Waals surface area contributed by atoms with Crippen LogP contribution in [0.25, 0.3) is 10.2 Å². The summed E-state index contributed by atoms with van der Waals surface area (Å²) < 4.78 is 6.70. The molecule has 0 amide bonds. The van der Waals surface area contributed by atoms with Crippen molar-refractivity contribution >= 4 is 27.5 Å². The van der Waals surface area contributed by atoms with Gasteiger partial charge in [0.05, 0.1) is 18.3 Å². The molecule has 1 atom stereocenters. The number of carbonyl (C=O) groups is 1. The Morgan fingerprint density at radius 2 is 2.09 bits per heavy atom. The van der Waals surface area contributed by atoms with Gasteiger partial charge in [-0.25, -0.2) is 9.78 Å². The van der Waals surface area contributed by atoms with Gasteiger partial charge >= 0.3 is 5.97 Å². The van der Waals surface area contributed by atoms with Crippen LogP contribution in [0.15, 0.2) is 11.1 Å².